The number of amides is 2. The highest BCUT2D eigenvalue weighted by Crippen LogP contribution is 2.30. The van der Waals surface area contributed by atoms with Crippen molar-refractivity contribution >= 4 is 46.4 Å². The lowest BCUT2D eigenvalue weighted by Gasteiger charge is -1.98. The highest BCUT2D eigenvalue weighted by molar-refractivity contribution is 8.18. The molecule has 1 N–H and O–H groups in total. The molecule has 0 unspecified atom stereocenters. The Labute approximate surface area is 141 Å². The summed E-state index contributed by atoms with van der Waals surface area (Å²) in [4.78, 5) is 27.0. The van der Waals surface area contributed by atoms with Crippen molar-refractivity contribution in [2.75, 3.05) is 0 Å². The molecule has 0 saturated carbocycles. The highest BCUT2D eigenvalue weighted by Gasteiger charge is 2.23. The first kappa shape index (κ1) is 15.6. The lowest BCUT2D eigenvalue weighted by atomic mass is 10.2. The molecule has 1 aliphatic heterocycles. The van der Waals surface area contributed by atoms with Crippen molar-refractivity contribution in [2.45, 2.75) is 6.92 Å². The molecule has 0 fully saturated rings. The predicted molar refractivity (Wildman–Crippen MR) is 91.0 cm³/mol. The van der Waals surface area contributed by atoms with E-state index >= 15 is 0 Å². The zero-order valence-corrected chi connectivity index (χ0v) is 13.6. The number of carbonyl (C=O) groups is 2. The first-order valence-corrected chi connectivity index (χ1v) is 7.86. The van der Waals surface area contributed by atoms with Crippen LogP contribution in [0.5, 0.6) is 0 Å². The van der Waals surface area contributed by atoms with Gasteiger partial charge in [0.15, 0.2) is 5.17 Å². The third kappa shape index (κ3) is 3.72. The van der Waals surface area contributed by atoms with Gasteiger partial charge in [-0.1, -0.05) is 11.6 Å². The van der Waals surface area contributed by atoms with Crippen LogP contribution >= 0.6 is 23.4 Å². The quantitative estimate of drug-likeness (QED) is 0.841. The number of nitrogens with one attached hydrogen (secondary N) is 1. The van der Waals surface area contributed by atoms with E-state index in [1.54, 1.807) is 24.3 Å². The van der Waals surface area contributed by atoms with Crippen LogP contribution in [0.4, 0.5) is 0 Å². The van der Waals surface area contributed by atoms with Crippen LogP contribution in [0, 0.1) is 0 Å². The van der Waals surface area contributed by atoms with Gasteiger partial charge in [-0.3, -0.25) is 9.59 Å². The second-order valence-corrected chi connectivity index (χ2v) is 6.19. The smallest absolute Gasteiger partial charge is 0.286 e. The summed E-state index contributed by atoms with van der Waals surface area (Å²) in [5.41, 5.74) is 0.889. The van der Waals surface area contributed by atoms with Gasteiger partial charge in [-0.2, -0.15) is 4.99 Å². The van der Waals surface area contributed by atoms with Crippen LogP contribution in [0.1, 0.15) is 12.7 Å². The minimum absolute atomic E-state index is 0.270. The Bertz CT molecular complexity index is 837. The van der Waals surface area contributed by atoms with Crippen LogP contribution in [0.25, 0.3) is 17.4 Å². The molecule has 2 heterocycles. The van der Waals surface area contributed by atoms with E-state index in [2.05, 4.69) is 10.3 Å². The molecule has 0 radical (unpaired) electrons. The third-order valence-corrected chi connectivity index (χ3v) is 4.08. The SMILES string of the molecule is CC(=O)NC1=NC(=O)/C(=C/c2ccc(-c3ccc(Cl)cc3)o2)S1. The molecular formula is C16H11ClN2O3S. The van der Waals surface area contributed by atoms with Gasteiger partial charge in [-0.15, -0.1) is 0 Å². The van der Waals surface area contributed by atoms with E-state index in [4.69, 9.17) is 16.0 Å². The lowest BCUT2D eigenvalue weighted by Crippen LogP contribution is -2.23. The van der Waals surface area contributed by atoms with Crippen molar-refractivity contribution in [1.82, 2.24) is 5.32 Å². The van der Waals surface area contributed by atoms with Crippen molar-refractivity contribution < 1.29 is 14.0 Å². The zero-order chi connectivity index (χ0) is 16.4. The van der Waals surface area contributed by atoms with Gasteiger partial charge in [0.25, 0.3) is 5.91 Å². The van der Waals surface area contributed by atoms with Crippen molar-refractivity contribution in [3.8, 4) is 11.3 Å². The highest BCUT2D eigenvalue weighted by atomic mass is 35.5. The summed E-state index contributed by atoms with van der Waals surface area (Å²) in [5.74, 6) is 0.536. The van der Waals surface area contributed by atoms with Crippen LogP contribution in [0.3, 0.4) is 0 Å². The number of carbonyl (C=O) groups excluding carboxylic acids is 2. The predicted octanol–water partition coefficient (Wildman–Crippen LogP) is 3.71. The average Bonchev–Trinajstić information content (AvgIpc) is 3.07. The maximum atomic E-state index is 11.8. The van der Waals surface area contributed by atoms with E-state index in [0.717, 1.165) is 17.3 Å². The van der Waals surface area contributed by atoms with Gasteiger partial charge in [0, 0.05) is 23.6 Å². The molecule has 2 aromatic rings. The number of hydrogen-bond donors (Lipinski definition) is 1. The van der Waals surface area contributed by atoms with Crippen molar-refractivity contribution in [3.63, 3.8) is 0 Å². The number of thioether (sulfide) groups is 1. The fourth-order valence-corrected chi connectivity index (χ4v) is 2.91. The molecule has 0 atom stereocenters. The Morgan fingerprint density at radius 1 is 1.26 bits per heavy atom. The standard InChI is InChI=1S/C16H11ClN2O3S/c1-9(20)18-16-19-15(21)14(23-16)8-12-6-7-13(22-12)10-2-4-11(17)5-3-10/h2-8H,1H3,(H,18,19,20,21)/b14-8-. The van der Waals surface area contributed by atoms with E-state index < -0.39 is 5.91 Å². The molecule has 3 rings (SSSR count). The molecular weight excluding hydrogens is 336 g/mol. The summed E-state index contributed by atoms with van der Waals surface area (Å²) in [7, 11) is 0. The Kier molecular flexibility index (Phi) is 4.36. The van der Waals surface area contributed by atoms with E-state index in [9.17, 15) is 9.59 Å². The zero-order valence-electron chi connectivity index (χ0n) is 12.0. The summed E-state index contributed by atoms with van der Waals surface area (Å²) < 4.78 is 5.71. The Hall–Kier alpha value is -2.31. The molecule has 0 saturated heterocycles. The number of nitrogens with zero attached hydrogens (tertiary/aromatic N) is 1. The van der Waals surface area contributed by atoms with E-state index in [0.29, 0.717) is 21.4 Å². The van der Waals surface area contributed by atoms with E-state index in [1.807, 2.05) is 18.2 Å². The van der Waals surface area contributed by atoms with Crippen molar-refractivity contribution in [3.05, 3.63) is 52.1 Å². The molecule has 5 nitrogen and oxygen atoms in total. The minimum atomic E-state index is -0.400. The van der Waals surface area contributed by atoms with Gasteiger partial charge in [0.1, 0.15) is 11.5 Å². The average molecular weight is 347 g/mol. The van der Waals surface area contributed by atoms with Gasteiger partial charge >= 0.3 is 0 Å². The van der Waals surface area contributed by atoms with Gasteiger partial charge in [0.05, 0.1) is 4.91 Å². The number of halogens is 1. The molecule has 7 heteroatoms. The molecule has 23 heavy (non-hydrogen) atoms. The monoisotopic (exact) mass is 346 g/mol. The maximum Gasteiger partial charge on any atom is 0.286 e. The van der Waals surface area contributed by atoms with Crippen LogP contribution < -0.4 is 5.32 Å². The third-order valence-electron chi connectivity index (χ3n) is 2.93. The Morgan fingerprint density at radius 3 is 2.70 bits per heavy atom. The fraction of sp³-hybridized carbons (Fsp3) is 0.0625. The second-order valence-electron chi connectivity index (χ2n) is 4.72. The molecule has 0 spiro atoms. The largest absolute Gasteiger partial charge is 0.457 e. The summed E-state index contributed by atoms with van der Waals surface area (Å²) in [5, 5.41) is 3.42. The molecule has 1 aliphatic rings. The number of furan rings is 1. The molecule has 1 aromatic carbocycles. The van der Waals surface area contributed by atoms with E-state index in [1.165, 1.54) is 6.92 Å². The van der Waals surface area contributed by atoms with Crippen LogP contribution in [0.15, 0.2) is 50.7 Å². The van der Waals surface area contributed by atoms with E-state index in [-0.39, 0.29) is 11.1 Å². The van der Waals surface area contributed by atoms with Gasteiger partial charge < -0.3 is 9.73 Å². The van der Waals surface area contributed by atoms with Crippen molar-refractivity contribution in [2.24, 2.45) is 4.99 Å². The minimum Gasteiger partial charge on any atom is -0.457 e. The summed E-state index contributed by atoms with van der Waals surface area (Å²) >= 11 is 6.96. The number of amidine groups is 1. The van der Waals surface area contributed by atoms with Crippen LogP contribution in [-0.2, 0) is 9.59 Å². The maximum absolute atomic E-state index is 11.8. The lowest BCUT2D eigenvalue weighted by molar-refractivity contribution is -0.117. The number of aliphatic imine (C=N–C) groups is 1. The Morgan fingerprint density at radius 2 is 2.00 bits per heavy atom. The van der Waals surface area contributed by atoms with Crippen LogP contribution in [-0.4, -0.2) is 17.0 Å². The summed E-state index contributed by atoms with van der Waals surface area (Å²) in [6.45, 7) is 1.36. The molecule has 1 aromatic heterocycles. The topological polar surface area (TPSA) is 71.7 Å². The summed E-state index contributed by atoms with van der Waals surface area (Å²) in [6.07, 6.45) is 1.60. The van der Waals surface area contributed by atoms with Gasteiger partial charge in [-0.25, -0.2) is 0 Å². The first-order chi connectivity index (χ1) is 11.0. The Balaban J connectivity index is 1.78. The van der Waals surface area contributed by atoms with Crippen molar-refractivity contribution in [1.29, 1.82) is 0 Å². The molecule has 2 amide bonds. The number of rotatable bonds is 2. The van der Waals surface area contributed by atoms with Gasteiger partial charge in [0.2, 0.25) is 5.91 Å². The second kappa shape index (κ2) is 6.44. The van der Waals surface area contributed by atoms with Gasteiger partial charge in [-0.05, 0) is 48.2 Å². The molecule has 0 aliphatic carbocycles. The number of hydrogen-bond acceptors (Lipinski definition) is 4. The normalized spacial score (nSPS) is 15.8. The fourth-order valence-electron chi connectivity index (χ4n) is 1.94. The molecule has 116 valence electrons. The molecule has 0 bridgehead atoms. The summed E-state index contributed by atoms with van der Waals surface area (Å²) in [6, 6.07) is 10.8. The first-order valence-electron chi connectivity index (χ1n) is 6.67. The van der Waals surface area contributed by atoms with Crippen LogP contribution in [0.2, 0.25) is 5.02 Å². The number of benzene rings is 1.